The second-order valence-electron chi connectivity index (χ2n) is 4.98. The summed E-state index contributed by atoms with van der Waals surface area (Å²) in [7, 11) is 0. The number of aryl methyl sites for hydroxylation is 2. The molecule has 1 amide bonds. The van der Waals surface area contributed by atoms with Crippen LogP contribution in [0.15, 0.2) is 4.52 Å². The lowest BCUT2D eigenvalue weighted by Crippen LogP contribution is -2.35. The second kappa shape index (κ2) is 6.71. The molecule has 7 heteroatoms. The number of aromatic nitrogens is 1. The number of carboxylic acid groups (broad SMARTS) is 1. The van der Waals surface area contributed by atoms with Crippen molar-refractivity contribution in [2.75, 3.05) is 0 Å². The first-order chi connectivity index (χ1) is 10.1. The highest BCUT2D eigenvalue weighted by Gasteiger charge is 2.34. The number of hydrogen-bond donors (Lipinski definition) is 2. The second-order valence-corrected chi connectivity index (χ2v) is 4.98. The smallest absolute Gasteiger partial charge is 0.332 e. The monoisotopic (exact) mass is 296 g/mol. The van der Waals surface area contributed by atoms with Gasteiger partial charge in [-0.15, -0.1) is 0 Å². The third-order valence-electron chi connectivity index (χ3n) is 3.63. The van der Waals surface area contributed by atoms with Crippen molar-refractivity contribution in [2.24, 2.45) is 0 Å². The molecule has 0 aromatic carbocycles. The average Bonchev–Trinajstić information content (AvgIpc) is 3.10. The zero-order valence-electron chi connectivity index (χ0n) is 12.2. The molecule has 0 spiro atoms. The first-order valence-electron chi connectivity index (χ1n) is 7.19. The molecule has 1 aliphatic rings. The number of carboxylic acids is 1. The molecule has 0 saturated carbocycles. The number of nitrogens with zero attached hydrogens (tertiary/aromatic N) is 1. The first kappa shape index (κ1) is 15.5. The van der Waals surface area contributed by atoms with Crippen LogP contribution in [-0.2, 0) is 33.7 Å². The summed E-state index contributed by atoms with van der Waals surface area (Å²) in [5.41, 5.74) is 1.74. The van der Waals surface area contributed by atoms with Gasteiger partial charge in [0.05, 0.1) is 5.69 Å². The molecule has 0 aliphatic carbocycles. The van der Waals surface area contributed by atoms with Crippen LogP contribution in [0.5, 0.6) is 0 Å². The molecule has 1 aliphatic heterocycles. The lowest BCUT2D eigenvalue weighted by molar-refractivity contribution is -0.151. The highest BCUT2D eigenvalue weighted by atomic mass is 16.5. The Morgan fingerprint density at radius 3 is 2.57 bits per heavy atom. The van der Waals surface area contributed by atoms with Crippen molar-refractivity contribution in [2.45, 2.75) is 58.3 Å². The van der Waals surface area contributed by atoms with Crippen molar-refractivity contribution in [1.82, 2.24) is 10.5 Å². The average molecular weight is 296 g/mol. The highest BCUT2D eigenvalue weighted by molar-refractivity contribution is 5.82. The summed E-state index contributed by atoms with van der Waals surface area (Å²) >= 11 is 0. The maximum atomic E-state index is 12.0. The molecule has 1 aromatic rings. The first-order valence-corrected chi connectivity index (χ1v) is 7.19. The van der Waals surface area contributed by atoms with Crippen LogP contribution in [0.1, 0.15) is 43.7 Å². The lowest BCUT2D eigenvalue weighted by atomic mass is 10.1. The minimum absolute atomic E-state index is 0.288. The molecule has 2 N–H and O–H groups in total. The van der Waals surface area contributed by atoms with Crippen LogP contribution < -0.4 is 5.32 Å². The molecular weight excluding hydrogens is 276 g/mol. The van der Waals surface area contributed by atoms with Crippen LogP contribution in [0.25, 0.3) is 0 Å². The molecule has 0 bridgehead atoms. The molecule has 7 nitrogen and oxygen atoms in total. The number of amides is 1. The number of aliphatic carboxylic acids is 1. The molecular formula is C14H20N2O5. The zero-order valence-corrected chi connectivity index (χ0v) is 12.2. The predicted octanol–water partition coefficient (Wildman–Crippen LogP) is 1.05. The number of carbonyl (C=O) groups excluding carboxylic acids is 1. The van der Waals surface area contributed by atoms with Gasteiger partial charge in [0, 0.05) is 18.5 Å². The minimum Gasteiger partial charge on any atom is -0.479 e. The Kier molecular flexibility index (Phi) is 4.95. The summed E-state index contributed by atoms with van der Waals surface area (Å²) in [5, 5.41) is 15.6. The molecule has 2 heterocycles. The minimum atomic E-state index is -1.02. The molecule has 0 unspecified atom stereocenters. The number of carbonyl (C=O) groups is 2. The summed E-state index contributed by atoms with van der Waals surface area (Å²) in [6.45, 7) is 4.26. The van der Waals surface area contributed by atoms with Crippen molar-refractivity contribution in [3.8, 4) is 0 Å². The fraction of sp³-hybridized carbons (Fsp3) is 0.643. The van der Waals surface area contributed by atoms with Gasteiger partial charge in [-0.3, -0.25) is 4.79 Å². The number of ether oxygens (including phenoxy) is 1. The topological polar surface area (TPSA) is 102 Å². The molecule has 2 rings (SSSR count). The molecule has 2 atom stereocenters. The van der Waals surface area contributed by atoms with Crippen molar-refractivity contribution < 1.29 is 24.0 Å². The van der Waals surface area contributed by atoms with E-state index in [0.29, 0.717) is 25.8 Å². The lowest BCUT2D eigenvalue weighted by Gasteiger charge is -2.12. The summed E-state index contributed by atoms with van der Waals surface area (Å²) < 4.78 is 10.4. The van der Waals surface area contributed by atoms with Crippen LogP contribution in [0.2, 0.25) is 0 Å². The summed E-state index contributed by atoms with van der Waals surface area (Å²) in [6.07, 6.45) is 0.652. The fourth-order valence-corrected chi connectivity index (χ4v) is 2.44. The Morgan fingerprint density at radius 1 is 1.29 bits per heavy atom. The van der Waals surface area contributed by atoms with Gasteiger partial charge in [0.2, 0.25) is 5.91 Å². The van der Waals surface area contributed by atoms with Gasteiger partial charge in [-0.1, -0.05) is 19.0 Å². The van der Waals surface area contributed by atoms with Crippen LogP contribution >= 0.6 is 0 Å². The van der Waals surface area contributed by atoms with Crippen LogP contribution in [0.4, 0.5) is 0 Å². The van der Waals surface area contributed by atoms with Gasteiger partial charge in [-0.05, 0) is 19.3 Å². The van der Waals surface area contributed by atoms with Crippen molar-refractivity contribution in [3.63, 3.8) is 0 Å². The van der Waals surface area contributed by atoms with Gasteiger partial charge in [-0.2, -0.15) is 0 Å². The Labute approximate surface area is 122 Å². The fourth-order valence-electron chi connectivity index (χ4n) is 2.44. The number of hydrogen-bond acceptors (Lipinski definition) is 5. The van der Waals surface area contributed by atoms with Crippen molar-refractivity contribution >= 4 is 11.9 Å². The van der Waals surface area contributed by atoms with E-state index in [0.717, 1.165) is 23.4 Å². The Morgan fingerprint density at radius 2 is 2.00 bits per heavy atom. The quantitative estimate of drug-likeness (QED) is 0.813. The standard InChI is InChI=1S/C14H20N2O5/c1-3-9-8(10(4-2)21-16-9)7-15-13(17)11-5-6-12(20-11)14(18)19/h11-12H,3-7H2,1-2H3,(H,15,17)(H,18,19)/t11-,12+/m0/s1. The van der Waals surface area contributed by atoms with Gasteiger partial charge in [-0.25, -0.2) is 4.79 Å². The van der Waals surface area contributed by atoms with Crippen LogP contribution in [0, 0.1) is 0 Å². The van der Waals surface area contributed by atoms with E-state index in [4.69, 9.17) is 14.4 Å². The Balaban J connectivity index is 1.93. The SMILES string of the molecule is CCc1noc(CC)c1CNC(=O)[C@@H]1CC[C@H](C(=O)O)O1. The van der Waals surface area contributed by atoms with E-state index in [1.807, 2.05) is 13.8 Å². The Hall–Kier alpha value is -1.89. The normalized spacial score (nSPS) is 21.4. The number of rotatable bonds is 6. The molecule has 21 heavy (non-hydrogen) atoms. The van der Waals surface area contributed by atoms with Crippen molar-refractivity contribution in [3.05, 3.63) is 17.0 Å². The maximum Gasteiger partial charge on any atom is 0.332 e. The maximum absolute atomic E-state index is 12.0. The van der Waals surface area contributed by atoms with Crippen molar-refractivity contribution in [1.29, 1.82) is 0 Å². The molecule has 1 aromatic heterocycles. The largest absolute Gasteiger partial charge is 0.479 e. The van der Waals surface area contributed by atoms with Gasteiger partial charge in [0.1, 0.15) is 11.9 Å². The van der Waals surface area contributed by atoms with Gasteiger partial charge in [0.25, 0.3) is 0 Å². The molecule has 1 fully saturated rings. The third kappa shape index (κ3) is 3.41. The van der Waals surface area contributed by atoms with E-state index in [9.17, 15) is 9.59 Å². The summed E-state index contributed by atoms with van der Waals surface area (Å²) in [4.78, 5) is 22.8. The van der Waals surface area contributed by atoms with Crippen LogP contribution in [-0.4, -0.2) is 34.3 Å². The molecule has 116 valence electrons. The molecule has 0 radical (unpaired) electrons. The Bertz CT molecular complexity index is 504. The predicted molar refractivity (Wildman–Crippen MR) is 72.6 cm³/mol. The number of nitrogens with one attached hydrogen (secondary N) is 1. The van der Waals surface area contributed by atoms with E-state index < -0.39 is 18.2 Å². The van der Waals surface area contributed by atoms with E-state index in [2.05, 4.69) is 10.5 Å². The van der Waals surface area contributed by atoms with Gasteiger partial charge >= 0.3 is 5.97 Å². The molecule has 1 saturated heterocycles. The van der Waals surface area contributed by atoms with E-state index in [1.54, 1.807) is 0 Å². The van der Waals surface area contributed by atoms with E-state index in [-0.39, 0.29) is 5.91 Å². The third-order valence-corrected chi connectivity index (χ3v) is 3.63. The van der Waals surface area contributed by atoms with E-state index in [1.165, 1.54) is 0 Å². The van der Waals surface area contributed by atoms with Gasteiger partial charge in [0.15, 0.2) is 6.10 Å². The van der Waals surface area contributed by atoms with E-state index >= 15 is 0 Å². The van der Waals surface area contributed by atoms with Crippen LogP contribution in [0.3, 0.4) is 0 Å². The van der Waals surface area contributed by atoms with Gasteiger partial charge < -0.3 is 19.7 Å². The zero-order chi connectivity index (χ0) is 15.4. The summed E-state index contributed by atoms with van der Waals surface area (Å²) in [6, 6.07) is 0. The highest BCUT2D eigenvalue weighted by Crippen LogP contribution is 2.21. The summed E-state index contributed by atoms with van der Waals surface area (Å²) in [5.74, 6) is -0.544.